The lowest BCUT2D eigenvalue weighted by Gasteiger charge is -2.38. The monoisotopic (exact) mass is 624 g/mol. The number of nitrogens with zero attached hydrogens (tertiary/aromatic N) is 6. The maximum atomic E-state index is 13.3. The van der Waals surface area contributed by atoms with Crippen molar-refractivity contribution in [2.75, 3.05) is 83.6 Å². The smallest absolute Gasteiger partial charge is 0.508 e. The van der Waals surface area contributed by atoms with Crippen LogP contribution in [0.3, 0.4) is 0 Å². The summed E-state index contributed by atoms with van der Waals surface area (Å²) in [6.07, 6.45) is -2.28. The highest BCUT2D eigenvalue weighted by Crippen LogP contribution is 2.36. The molecular formula is C30H43F3N6O5. The van der Waals surface area contributed by atoms with Crippen LogP contribution in [-0.2, 0) is 14.3 Å². The highest BCUT2D eigenvalue weighted by molar-refractivity contribution is 5.95. The number of benzene rings is 1. The van der Waals surface area contributed by atoms with Gasteiger partial charge in [0, 0.05) is 70.9 Å². The lowest BCUT2D eigenvalue weighted by Crippen LogP contribution is -2.52. The summed E-state index contributed by atoms with van der Waals surface area (Å²) in [5.41, 5.74) is 0.206. The van der Waals surface area contributed by atoms with Gasteiger partial charge in [0.15, 0.2) is 5.75 Å². The molecule has 14 heteroatoms. The maximum absolute atomic E-state index is 13.3. The van der Waals surface area contributed by atoms with Gasteiger partial charge in [-0.1, -0.05) is 13.5 Å². The van der Waals surface area contributed by atoms with Crippen LogP contribution in [0.1, 0.15) is 26.7 Å². The molecule has 3 aliphatic rings. The number of hydrogen-bond donors (Lipinski definition) is 1. The van der Waals surface area contributed by atoms with Crippen molar-refractivity contribution in [3.63, 3.8) is 0 Å². The molecule has 11 nitrogen and oxygen atoms in total. The number of aliphatic imine (C=N–C) groups is 2. The molecule has 0 radical (unpaired) electrons. The number of phenols is 1. The molecule has 2 fully saturated rings. The zero-order valence-electron chi connectivity index (χ0n) is 25.5. The zero-order valence-corrected chi connectivity index (χ0v) is 25.5. The molecule has 0 aliphatic carbocycles. The third-order valence-electron chi connectivity index (χ3n) is 7.85. The molecule has 0 aromatic heterocycles. The van der Waals surface area contributed by atoms with Crippen LogP contribution in [0.5, 0.6) is 11.5 Å². The molecule has 1 aromatic rings. The molecule has 1 aromatic carbocycles. The van der Waals surface area contributed by atoms with Crippen LogP contribution in [-0.4, -0.2) is 129 Å². The van der Waals surface area contributed by atoms with Crippen molar-refractivity contribution in [2.24, 2.45) is 15.9 Å². The number of halogens is 3. The van der Waals surface area contributed by atoms with Crippen molar-refractivity contribution >= 4 is 23.5 Å². The number of phenolic OH excluding ortho intramolecular Hbond substituents is 1. The van der Waals surface area contributed by atoms with E-state index in [-0.39, 0.29) is 35.8 Å². The van der Waals surface area contributed by atoms with Crippen molar-refractivity contribution in [2.45, 2.75) is 39.1 Å². The van der Waals surface area contributed by atoms with E-state index in [0.717, 1.165) is 51.2 Å². The zero-order chi connectivity index (χ0) is 31.7. The van der Waals surface area contributed by atoms with Crippen LogP contribution in [0, 0.1) is 5.92 Å². The van der Waals surface area contributed by atoms with Crippen molar-refractivity contribution < 1.29 is 37.3 Å². The third-order valence-corrected chi connectivity index (χ3v) is 7.85. The average molecular weight is 625 g/mol. The summed E-state index contributed by atoms with van der Waals surface area (Å²) in [4.78, 5) is 29.8. The number of amides is 1. The summed E-state index contributed by atoms with van der Waals surface area (Å²) in [5, 5.41) is 9.91. The van der Waals surface area contributed by atoms with Crippen LogP contribution >= 0.6 is 0 Å². The number of rotatable bonds is 7. The fourth-order valence-electron chi connectivity index (χ4n) is 5.56. The minimum atomic E-state index is -4.92. The first kappa shape index (κ1) is 33.4. The van der Waals surface area contributed by atoms with E-state index < -0.39 is 18.2 Å². The third kappa shape index (κ3) is 9.74. The summed E-state index contributed by atoms with van der Waals surface area (Å²) < 4.78 is 55.7. The molecule has 0 spiro atoms. The van der Waals surface area contributed by atoms with Gasteiger partial charge in [-0.3, -0.25) is 9.69 Å². The van der Waals surface area contributed by atoms with E-state index in [1.54, 1.807) is 9.80 Å². The Hall–Kier alpha value is -3.52. The predicted octanol–water partition coefficient (Wildman–Crippen LogP) is 3.35. The number of piperazine rings is 1. The normalized spacial score (nSPS) is 25.0. The molecular weight excluding hydrogens is 581 g/mol. The Morgan fingerprint density at radius 1 is 1.11 bits per heavy atom. The SMILES string of the molecule is C=CC(=O)N1CCN(/C2=N/C(OCCCN3CCOCC3)=N\C(C)CN(c3ccc(O)cc3OC(F)(F)F)CCC2C)CC1. The highest BCUT2D eigenvalue weighted by atomic mass is 19.4. The number of carbonyl (C=O) groups excluding carboxylic acids is 1. The van der Waals surface area contributed by atoms with Gasteiger partial charge >= 0.3 is 12.4 Å². The standard InChI is InChI=1S/C30H43F3N6O5/c1-4-27(41)37-11-13-38(14-12-37)28-22(2)8-10-39(25-7-6-24(40)20-26(25)44-30(31,32)33)21-23(3)34-29(35-28)43-17-5-9-36-15-18-42-19-16-36/h4,6-7,20,22-23,40H,1,5,8-19,21H2,2-3H3/b34-29+,35-28+. The van der Waals surface area contributed by atoms with E-state index in [0.29, 0.717) is 45.8 Å². The van der Waals surface area contributed by atoms with E-state index in [4.69, 9.17) is 19.5 Å². The van der Waals surface area contributed by atoms with Crippen molar-refractivity contribution in [3.8, 4) is 11.5 Å². The molecule has 4 rings (SSSR count). The number of ether oxygens (including phenoxy) is 3. The first-order valence-corrected chi connectivity index (χ1v) is 15.1. The molecule has 0 saturated carbocycles. The minimum absolute atomic E-state index is 0.112. The topological polar surface area (TPSA) is 103 Å². The van der Waals surface area contributed by atoms with E-state index in [9.17, 15) is 23.1 Å². The van der Waals surface area contributed by atoms with Gasteiger partial charge in [0.25, 0.3) is 0 Å². The number of carbonyl (C=O) groups is 1. The van der Waals surface area contributed by atoms with Gasteiger partial charge in [0.05, 0.1) is 31.5 Å². The van der Waals surface area contributed by atoms with Gasteiger partial charge in [-0.25, -0.2) is 4.99 Å². The number of amidine groups is 2. The second-order valence-electron chi connectivity index (χ2n) is 11.2. The number of hydrogen-bond acceptors (Lipinski definition) is 10. The molecule has 2 unspecified atom stereocenters. The van der Waals surface area contributed by atoms with E-state index in [1.807, 2.05) is 13.8 Å². The number of anilines is 1. The van der Waals surface area contributed by atoms with Gasteiger partial charge in [-0.15, -0.1) is 13.2 Å². The van der Waals surface area contributed by atoms with Gasteiger partial charge in [0.2, 0.25) is 5.91 Å². The van der Waals surface area contributed by atoms with Crippen LogP contribution in [0.25, 0.3) is 0 Å². The van der Waals surface area contributed by atoms with Crippen LogP contribution in [0.15, 0.2) is 40.8 Å². The fraction of sp³-hybridized carbons (Fsp3) is 0.633. The van der Waals surface area contributed by atoms with E-state index in [1.165, 1.54) is 18.2 Å². The molecule has 3 heterocycles. The van der Waals surface area contributed by atoms with Crippen molar-refractivity contribution in [3.05, 3.63) is 30.9 Å². The largest absolute Gasteiger partial charge is 0.573 e. The lowest BCUT2D eigenvalue weighted by atomic mass is 10.0. The summed E-state index contributed by atoms with van der Waals surface area (Å²) in [6.45, 7) is 14.7. The van der Waals surface area contributed by atoms with Gasteiger partial charge in [-0.2, -0.15) is 4.99 Å². The minimum Gasteiger partial charge on any atom is -0.508 e. The quantitative estimate of drug-likeness (QED) is 0.364. The molecule has 2 saturated heterocycles. The summed E-state index contributed by atoms with van der Waals surface area (Å²) in [7, 11) is 0. The number of alkyl halides is 3. The van der Waals surface area contributed by atoms with Gasteiger partial charge in [0.1, 0.15) is 11.6 Å². The first-order valence-electron chi connectivity index (χ1n) is 15.1. The Balaban J connectivity index is 1.57. The molecule has 3 aliphatic heterocycles. The Labute approximate surface area is 256 Å². The summed E-state index contributed by atoms with van der Waals surface area (Å²) in [5.74, 6) is -0.278. The Morgan fingerprint density at radius 3 is 2.52 bits per heavy atom. The summed E-state index contributed by atoms with van der Waals surface area (Å²) in [6, 6.07) is 3.58. The molecule has 44 heavy (non-hydrogen) atoms. The molecule has 1 N–H and O–H groups in total. The Morgan fingerprint density at radius 2 is 1.84 bits per heavy atom. The Kier molecular flexibility index (Phi) is 11.7. The van der Waals surface area contributed by atoms with Crippen LogP contribution in [0.2, 0.25) is 0 Å². The summed E-state index contributed by atoms with van der Waals surface area (Å²) >= 11 is 0. The van der Waals surface area contributed by atoms with Crippen molar-refractivity contribution in [1.82, 2.24) is 14.7 Å². The van der Waals surface area contributed by atoms with Crippen LogP contribution in [0.4, 0.5) is 18.9 Å². The highest BCUT2D eigenvalue weighted by Gasteiger charge is 2.34. The second-order valence-corrected chi connectivity index (χ2v) is 11.2. The molecule has 1 amide bonds. The number of aromatic hydroxyl groups is 1. The van der Waals surface area contributed by atoms with Gasteiger partial charge in [-0.05, 0) is 38.0 Å². The average Bonchev–Trinajstić information content (AvgIpc) is 2.99. The molecule has 0 bridgehead atoms. The molecule has 244 valence electrons. The number of morpholine rings is 1. The second kappa shape index (κ2) is 15.5. The first-order chi connectivity index (χ1) is 21.0. The molecule has 2 atom stereocenters. The van der Waals surface area contributed by atoms with E-state index in [2.05, 4.69) is 21.1 Å². The van der Waals surface area contributed by atoms with Gasteiger partial charge < -0.3 is 34.0 Å². The van der Waals surface area contributed by atoms with Crippen LogP contribution < -0.4 is 9.64 Å². The fourth-order valence-corrected chi connectivity index (χ4v) is 5.56. The Bertz CT molecular complexity index is 1180. The lowest BCUT2D eigenvalue weighted by molar-refractivity contribution is -0.274. The van der Waals surface area contributed by atoms with Crippen molar-refractivity contribution in [1.29, 1.82) is 0 Å². The van der Waals surface area contributed by atoms with E-state index >= 15 is 0 Å². The maximum Gasteiger partial charge on any atom is 0.573 e. The predicted molar refractivity (Wildman–Crippen MR) is 161 cm³/mol.